The highest BCUT2D eigenvalue weighted by atomic mass is 79.9. The minimum atomic E-state index is -0.889. The number of nitrogens with zero attached hydrogens (tertiary/aromatic N) is 1. The minimum Gasteiger partial charge on any atom is -0.484 e. The van der Waals surface area contributed by atoms with E-state index in [0.717, 1.165) is 4.47 Å². The Balaban J connectivity index is 1.79. The van der Waals surface area contributed by atoms with Crippen LogP contribution in [-0.4, -0.2) is 36.6 Å². The molecule has 0 bridgehead atoms. The van der Waals surface area contributed by atoms with E-state index < -0.39 is 11.8 Å². The van der Waals surface area contributed by atoms with E-state index in [1.807, 2.05) is 13.8 Å². The van der Waals surface area contributed by atoms with Crippen LogP contribution in [0.1, 0.15) is 19.4 Å². The van der Waals surface area contributed by atoms with Crippen molar-refractivity contribution in [1.29, 1.82) is 0 Å². The number of nitrogens with one attached hydrogen (secondary N) is 3. The van der Waals surface area contributed by atoms with Crippen molar-refractivity contribution in [3.8, 4) is 5.75 Å². The molecule has 2 rings (SSSR count). The van der Waals surface area contributed by atoms with Gasteiger partial charge in [-0.1, -0.05) is 15.9 Å². The van der Waals surface area contributed by atoms with Gasteiger partial charge in [0.2, 0.25) is 0 Å². The van der Waals surface area contributed by atoms with Crippen molar-refractivity contribution in [2.24, 2.45) is 5.10 Å². The standard InChI is InChI=1S/C20H21BrN4O4/c1-13(2)23-18(26)12-29-17-9-3-14(4-10-17)11-22-25-20(28)19(27)24-16-7-5-15(21)6-8-16/h3-11,13H,12H2,1-2H3,(H,23,26)(H,24,27)(H,25,28)/b22-11-. The number of hydrogen-bond donors (Lipinski definition) is 3. The van der Waals surface area contributed by atoms with Gasteiger partial charge in [-0.25, -0.2) is 5.43 Å². The molecule has 0 aromatic heterocycles. The zero-order valence-electron chi connectivity index (χ0n) is 15.9. The summed E-state index contributed by atoms with van der Waals surface area (Å²) in [4.78, 5) is 35.2. The van der Waals surface area contributed by atoms with Crippen LogP contribution in [0.15, 0.2) is 58.1 Å². The van der Waals surface area contributed by atoms with Gasteiger partial charge in [0.05, 0.1) is 6.21 Å². The Morgan fingerprint density at radius 3 is 2.31 bits per heavy atom. The molecule has 0 atom stereocenters. The molecule has 0 saturated carbocycles. The van der Waals surface area contributed by atoms with E-state index in [9.17, 15) is 14.4 Å². The number of carbonyl (C=O) groups excluding carboxylic acids is 3. The van der Waals surface area contributed by atoms with E-state index in [2.05, 4.69) is 37.1 Å². The lowest BCUT2D eigenvalue weighted by Crippen LogP contribution is -2.34. The van der Waals surface area contributed by atoms with Crippen LogP contribution in [0.2, 0.25) is 0 Å². The van der Waals surface area contributed by atoms with Gasteiger partial charge in [0, 0.05) is 16.2 Å². The fraction of sp³-hybridized carbons (Fsp3) is 0.200. The van der Waals surface area contributed by atoms with Crippen LogP contribution in [-0.2, 0) is 14.4 Å². The highest BCUT2D eigenvalue weighted by molar-refractivity contribution is 9.10. The van der Waals surface area contributed by atoms with Crippen molar-refractivity contribution in [2.75, 3.05) is 11.9 Å². The molecule has 0 aliphatic rings. The first kappa shape index (κ1) is 22.1. The van der Waals surface area contributed by atoms with E-state index in [1.165, 1.54) is 6.21 Å². The van der Waals surface area contributed by atoms with Crippen LogP contribution in [0.5, 0.6) is 5.75 Å². The zero-order chi connectivity index (χ0) is 21.2. The van der Waals surface area contributed by atoms with Crippen LogP contribution >= 0.6 is 15.9 Å². The van der Waals surface area contributed by atoms with E-state index in [4.69, 9.17) is 4.74 Å². The van der Waals surface area contributed by atoms with Gasteiger partial charge >= 0.3 is 11.8 Å². The van der Waals surface area contributed by atoms with E-state index in [1.54, 1.807) is 48.5 Å². The van der Waals surface area contributed by atoms with Crippen LogP contribution in [0.25, 0.3) is 0 Å². The fourth-order valence-corrected chi connectivity index (χ4v) is 2.36. The molecule has 0 saturated heterocycles. The van der Waals surface area contributed by atoms with Crippen LogP contribution in [0.3, 0.4) is 0 Å². The topological polar surface area (TPSA) is 109 Å². The summed E-state index contributed by atoms with van der Waals surface area (Å²) >= 11 is 3.29. The molecule has 0 aliphatic heterocycles. The van der Waals surface area contributed by atoms with Gasteiger partial charge in [-0.15, -0.1) is 0 Å². The normalized spacial score (nSPS) is 10.6. The van der Waals surface area contributed by atoms with Gasteiger partial charge < -0.3 is 15.4 Å². The van der Waals surface area contributed by atoms with Crippen LogP contribution < -0.4 is 20.8 Å². The summed E-state index contributed by atoms with van der Waals surface area (Å²) in [5.41, 5.74) is 3.33. The second-order valence-electron chi connectivity index (χ2n) is 6.24. The number of rotatable bonds is 7. The Morgan fingerprint density at radius 1 is 1.03 bits per heavy atom. The molecule has 2 aromatic rings. The summed E-state index contributed by atoms with van der Waals surface area (Å²) in [5, 5.41) is 8.95. The molecule has 0 aliphatic carbocycles. The number of amides is 3. The predicted molar refractivity (Wildman–Crippen MR) is 114 cm³/mol. The molecular weight excluding hydrogens is 440 g/mol. The summed E-state index contributed by atoms with van der Waals surface area (Å²) in [6.07, 6.45) is 1.39. The van der Waals surface area contributed by atoms with Gasteiger partial charge in [-0.3, -0.25) is 14.4 Å². The van der Waals surface area contributed by atoms with E-state index >= 15 is 0 Å². The van der Waals surface area contributed by atoms with Gasteiger partial charge in [0.15, 0.2) is 6.61 Å². The summed E-state index contributed by atoms with van der Waals surface area (Å²) in [5.74, 6) is -1.39. The lowest BCUT2D eigenvalue weighted by Gasteiger charge is -2.09. The number of carbonyl (C=O) groups is 3. The number of ether oxygens (including phenoxy) is 1. The van der Waals surface area contributed by atoms with Gasteiger partial charge in [0.25, 0.3) is 5.91 Å². The van der Waals surface area contributed by atoms with E-state index in [-0.39, 0.29) is 18.6 Å². The Labute approximate surface area is 176 Å². The Morgan fingerprint density at radius 2 is 1.69 bits per heavy atom. The first-order chi connectivity index (χ1) is 13.8. The highest BCUT2D eigenvalue weighted by Gasteiger charge is 2.12. The number of benzene rings is 2. The minimum absolute atomic E-state index is 0.0526. The zero-order valence-corrected chi connectivity index (χ0v) is 17.5. The number of hydrogen-bond acceptors (Lipinski definition) is 5. The molecular formula is C20H21BrN4O4. The molecule has 0 unspecified atom stereocenters. The molecule has 0 radical (unpaired) electrons. The van der Waals surface area contributed by atoms with Gasteiger partial charge in [-0.2, -0.15) is 5.10 Å². The molecule has 3 amide bonds. The lowest BCUT2D eigenvalue weighted by molar-refractivity contribution is -0.136. The van der Waals surface area contributed by atoms with E-state index in [0.29, 0.717) is 17.0 Å². The molecule has 9 heteroatoms. The third-order valence-electron chi connectivity index (χ3n) is 3.39. The van der Waals surface area contributed by atoms with Crippen molar-refractivity contribution in [1.82, 2.24) is 10.7 Å². The SMILES string of the molecule is CC(C)NC(=O)COc1ccc(/C=N\NC(=O)C(=O)Nc2ccc(Br)cc2)cc1. The van der Waals surface area contributed by atoms with Gasteiger partial charge in [-0.05, 0) is 67.9 Å². The number of anilines is 1. The molecule has 3 N–H and O–H groups in total. The number of halogens is 1. The third kappa shape index (κ3) is 8.14. The first-order valence-electron chi connectivity index (χ1n) is 8.75. The average Bonchev–Trinajstić information content (AvgIpc) is 2.68. The first-order valence-corrected chi connectivity index (χ1v) is 9.55. The van der Waals surface area contributed by atoms with Crippen LogP contribution in [0.4, 0.5) is 5.69 Å². The van der Waals surface area contributed by atoms with Crippen LogP contribution in [0, 0.1) is 0 Å². The largest absolute Gasteiger partial charge is 0.484 e. The number of hydrazone groups is 1. The Bertz CT molecular complexity index is 880. The molecule has 0 heterocycles. The van der Waals surface area contributed by atoms with Crippen molar-refractivity contribution in [2.45, 2.75) is 19.9 Å². The van der Waals surface area contributed by atoms with Crippen molar-refractivity contribution in [3.63, 3.8) is 0 Å². The fourth-order valence-electron chi connectivity index (χ4n) is 2.10. The highest BCUT2D eigenvalue weighted by Crippen LogP contribution is 2.14. The van der Waals surface area contributed by atoms with Gasteiger partial charge in [0.1, 0.15) is 5.75 Å². The molecule has 29 heavy (non-hydrogen) atoms. The molecule has 152 valence electrons. The molecule has 0 fully saturated rings. The van der Waals surface area contributed by atoms with Crippen molar-refractivity contribution >= 4 is 45.6 Å². The molecule has 0 spiro atoms. The predicted octanol–water partition coefficient (Wildman–Crippen LogP) is 2.44. The molecule has 2 aromatic carbocycles. The Hall–Kier alpha value is -3.20. The average molecular weight is 461 g/mol. The third-order valence-corrected chi connectivity index (χ3v) is 3.92. The molecule has 8 nitrogen and oxygen atoms in total. The lowest BCUT2D eigenvalue weighted by atomic mass is 10.2. The summed E-state index contributed by atoms with van der Waals surface area (Å²) in [6.45, 7) is 3.67. The van der Waals surface area contributed by atoms with Crippen molar-refractivity contribution < 1.29 is 19.1 Å². The smallest absolute Gasteiger partial charge is 0.329 e. The quantitative estimate of drug-likeness (QED) is 0.334. The maximum atomic E-state index is 11.8. The maximum absolute atomic E-state index is 11.8. The maximum Gasteiger partial charge on any atom is 0.329 e. The van der Waals surface area contributed by atoms with Crippen molar-refractivity contribution in [3.05, 3.63) is 58.6 Å². The second-order valence-corrected chi connectivity index (χ2v) is 7.16. The second kappa shape index (κ2) is 11.0. The summed E-state index contributed by atoms with van der Waals surface area (Å²) in [7, 11) is 0. The summed E-state index contributed by atoms with van der Waals surface area (Å²) < 4.78 is 6.24. The Kier molecular flexibility index (Phi) is 8.35. The summed E-state index contributed by atoms with van der Waals surface area (Å²) in [6, 6.07) is 13.6. The monoisotopic (exact) mass is 460 g/mol.